The monoisotopic (exact) mass is 395 g/mol. The van der Waals surface area contributed by atoms with Crippen LogP contribution < -0.4 is 5.32 Å². The van der Waals surface area contributed by atoms with E-state index in [1.165, 1.54) is 17.9 Å². The van der Waals surface area contributed by atoms with Crippen molar-refractivity contribution in [3.05, 3.63) is 62.9 Å². The average molecular weight is 396 g/mol. The fourth-order valence-electron chi connectivity index (χ4n) is 3.70. The number of hydrogen-bond donors (Lipinski definition) is 1. The zero-order valence-electron chi connectivity index (χ0n) is 13.6. The topological polar surface area (TPSA) is 46.9 Å². The summed E-state index contributed by atoms with van der Waals surface area (Å²) in [6.45, 7) is 0. The molecule has 1 aromatic carbocycles. The lowest BCUT2D eigenvalue weighted by Gasteiger charge is -2.14. The molecule has 2 aliphatic rings. The minimum absolute atomic E-state index is 0.0665. The number of carbonyl (C=O) groups excluding carboxylic acids is 1. The number of nitrogens with zero attached hydrogens (tertiary/aromatic N) is 2. The molecule has 1 amide bonds. The van der Waals surface area contributed by atoms with E-state index in [4.69, 9.17) is 23.2 Å². The van der Waals surface area contributed by atoms with Crippen molar-refractivity contribution in [1.29, 1.82) is 0 Å². The van der Waals surface area contributed by atoms with Gasteiger partial charge in [0.2, 0.25) is 0 Å². The van der Waals surface area contributed by atoms with E-state index < -0.39 is 18.0 Å². The third-order valence-electron chi connectivity index (χ3n) is 4.70. The van der Waals surface area contributed by atoms with Crippen LogP contribution in [0.2, 0.25) is 0 Å². The predicted molar refractivity (Wildman–Crippen MR) is 96.6 cm³/mol. The Balaban J connectivity index is 1.73. The number of nitrogens with one attached hydrogen (secondary N) is 1. The Labute approximate surface area is 158 Å². The van der Waals surface area contributed by atoms with Crippen LogP contribution in [0, 0.1) is 0 Å². The fourth-order valence-corrected chi connectivity index (χ4v) is 4.17. The highest BCUT2D eigenvalue weighted by atomic mass is 35.5. The molecule has 0 spiro atoms. The van der Waals surface area contributed by atoms with E-state index in [9.17, 15) is 13.6 Å². The summed E-state index contributed by atoms with van der Waals surface area (Å²) in [4.78, 5) is 12.6. The molecule has 1 aromatic heterocycles. The van der Waals surface area contributed by atoms with E-state index in [1.807, 2.05) is 18.2 Å². The first-order valence-electron chi connectivity index (χ1n) is 7.90. The Hall–Kier alpha value is -2.18. The molecule has 0 unspecified atom stereocenters. The van der Waals surface area contributed by atoms with Crippen LogP contribution in [-0.4, -0.2) is 15.7 Å². The van der Waals surface area contributed by atoms with Gasteiger partial charge in [0.25, 0.3) is 12.3 Å². The maximum atomic E-state index is 13.1. The van der Waals surface area contributed by atoms with E-state index >= 15 is 0 Å². The van der Waals surface area contributed by atoms with Gasteiger partial charge in [-0.2, -0.15) is 5.10 Å². The summed E-state index contributed by atoms with van der Waals surface area (Å²) in [5, 5.41) is 6.41. The summed E-state index contributed by atoms with van der Waals surface area (Å²) in [6, 6.07) is 5.50. The molecule has 1 N–H and O–H groups in total. The van der Waals surface area contributed by atoms with Crippen molar-refractivity contribution in [3.63, 3.8) is 0 Å². The van der Waals surface area contributed by atoms with Crippen LogP contribution in [0.3, 0.4) is 0 Å². The Morgan fingerprint density at radius 1 is 1.38 bits per heavy atom. The van der Waals surface area contributed by atoms with E-state index in [-0.39, 0.29) is 16.0 Å². The second-order valence-corrected chi connectivity index (χ2v) is 7.16. The largest absolute Gasteiger partial charge is 0.321 e. The van der Waals surface area contributed by atoms with Crippen LogP contribution in [0.4, 0.5) is 14.5 Å². The van der Waals surface area contributed by atoms with E-state index in [0.29, 0.717) is 5.69 Å². The lowest BCUT2D eigenvalue weighted by atomic mass is 9.95. The predicted octanol–water partition coefficient (Wildman–Crippen LogP) is 5.18. The Morgan fingerprint density at radius 2 is 2.15 bits per heavy atom. The van der Waals surface area contributed by atoms with Gasteiger partial charge in [-0.15, -0.1) is 0 Å². The molecular formula is C18H13Cl2F2N3O. The molecule has 8 heteroatoms. The Kier molecular flexibility index (Phi) is 4.12. The fraction of sp³-hybridized carbons (Fsp3) is 0.222. The first-order valence-corrected chi connectivity index (χ1v) is 8.66. The molecule has 134 valence electrons. The van der Waals surface area contributed by atoms with Gasteiger partial charge in [0.15, 0.2) is 0 Å². The summed E-state index contributed by atoms with van der Waals surface area (Å²) in [5.41, 5.74) is 3.45. The van der Waals surface area contributed by atoms with Crippen LogP contribution >= 0.6 is 23.2 Å². The van der Waals surface area contributed by atoms with Gasteiger partial charge < -0.3 is 5.32 Å². The molecule has 4 rings (SSSR count). The van der Waals surface area contributed by atoms with E-state index in [2.05, 4.69) is 10.4 Å². The Morgan fingerprint density at radius 3 is 2.85 bits per heavy atom. The third-order valence-corrected chi connectivity index (χ3v) is 5.11. The molecule has 1 atom stereocenters. The molecule has 0 radical (unpaired) electrons. The normalized spacial score (nSPS) is 17.5. The van der Waals surface area contributed by atoms with Crippen LogP contribution in [0.5, 0.6) is 0 Å². The van der Waals surface area contributed by atoms with Gasteiger partial charge >= 0.3 is 0 Å². The van der Waals surface area contributed by atoms with Gasteiger partial charge in [0, 0.05) is 30.4 Å². The number of carbonyl (C=O) groups is 1. The highest BCUT2D eigenvalue weighted by Gasteiger charge is 2.39. The van der Waals surface area contributed by atoms with Crippen molar-refractivity contribution in [2.45, 2.75) is 18.8 Å². The zero-order valence-corrected chi connectivity index (χ0v) is 15.1. The van der Waals surface area contributed by atoms with Gasteiger partial charge in [0.05, 0.1) is 5.56 Å². The lowest BCUT2D eigenvalue weighted by molar-refractivity contribution is 0.101. The molecule has 0 saturated carbocycles. The van der Waals surface area contributed by atoms with Gasteiger partial charge in [-0.05, 0) is 29.2 Å². The summed E-state index contributed by atoms with van der Waals surface area (Å²) in [5.74, 6) is -0.565. The van der Waals surface area contributed by atoms with Crippen LogP contribution in [0.15, 0.2) is 40.5 Å². The number of rotatable bonds is 3. The van der Waals surface area contributed by atoms with Crippen molar-refractivity contribution in [2.75, 3.05) is 5.32 Å². The van der Waals surface area contributed by atoms with Crippen molar-refractivity contribution in [2.24, 2.45) is 7.05 Å². The number of aromatic nitrogens is 2. The molecular weight excluding hydrogens is 383 g/mol. The van der Waals surface area contributed by atoms with Crippen molar-refractivity contribution in [3.8, 4) is 0 Å². The minimum Gasteiger partial charge on any atom is -0.321 e. The maximum Gasteiger partial charge on any atom is 0.282 e. The number of hydrogen-bond acceptors (Lipinski definition) is 2. The SMILES string of the molecule is Cn1cc(C(=O)Nc2cccc3c2C2=CC[C@H]3C2=C(Cl)Cl)c(C(F)F)n1. The molecule has 2 bridgehead atoms. The van der Waals surface area contributed by atoms with Crippen LogP contribution in [0.1, 0.15) is 45.9 Å². The quantitative estimate of drug-likeness (QED) is 0.777. The summed E-state index contributed by atoms with van der Waals surface area (Å²) < 4.78 is 27.7. The smallest absolute Gasteiger partial charge is 0.282 e. The molecule has 2 aromatic rings. The van der Waals surface area contributed by atoms with Gasteiger partial charge in [0.1, 0.15) is 10.2 Å². The first kappa shape index (κ1) is 17.2. The Bertz CT molecular complexity index is 990. The first-order chi connectivity index (χ1) is 12.4. The van der Waals surface area contributed by atoms with Gasteiger partial charge in [-0.3, -0.25) is 9.48 Å². The van der Waals surface area contributed by atoms with Crippen molar-refractivity contribution in [1.82, 2.24) is 9.78 Å². The number of alkyl halides is 2. The second-order valence-electron chi connectivity index (χ2n) is 6.21. The standard InChI is InChI=1S/C18H13Cl2F2N3O/c1-25-7-11(15(24-25)17(21)22)18(26)23-12-4-2-3-8-9-5-6-10(13(8)12)14(9)16(19)20/h2-4,6-7,9,17H,5H2,1H3,(H,23,26)/t9-/m1/s1. The average Bonchev–Trinajstić information content (AvgIpc) is 3.26. The molecule has 4 nitrogen and oxygen atoms in total. The molecule has 0 aliphatic heterocycles. The van der Waals surface area contributed by atoms with Crippen molar-refractivity contribution >= 4 is 40.4 Å². The highest BCUT2D eigenvalue weighted by Crippen LogP contribution is 2.57. The number of benzene rings is 1. The lowest BCUT2D eigenvalue weighted by Crippen LogP contribution is -2.15. The third kappa shape index (κ3) is 2.56. The second kappa shape index (κ2) is 6.21. The zero-order chi connectivity index (χ0) is 18.6. The number of halogens is 4. The summed E-state index contributed by atoms with van der Waals surface area (Å²) >= 11 is 12.1. The number of fused-ring (bicyclic) bond motifs is 5. The molecule has 2 aliphatic carbocycles. The highest BCUT2D eigenvalue weighted by molar-refractivity contribution is 6.57. The molecule has 26 heavy (non-hydrogen) atoms. The number of allylic oxidation sites excluding steroid dienone is 3. The number of anilines is 1. The number of amides is 1. The van der Waals surface area contributed by atoms with E-state index in [0.717, 1.165) is 28.7 Å². The summed E-state index contributed by atoms with van der Waals surface area (Å²) in [7, 11) is 1.49. The van der Waals surface area contributed by atoms with Gasteiger partial charge in [-0.1, -0.05) is 41.4 Å². The molecule has 1 heterocycles. The molecule has 0 saturated heterocycles. The summed E-state index contributed by atoms with van der Waals surface area (Å²) in [6.07, 6.45) is 1.28. The van der Waals surface area contributed by atoms with Crippen molar-refractivity contribution < 1.29 is 13.6 Å². The van der Waals surface area contributed by atoms with Gasteiger partial charge in [-0.25, -0.2) is 8.78 Å². The minimum atomic E-state index is -2.83. The maximum absolute atomic E-state index is 13.1. The van der Waals surface area contributed by atoms with E-state index in [1.54, 1.807) is 6.07 Å². The number of aryl methyl sites for hydroxylation is 1. The van der Waals surface area contributed by atoms with Crippen LogP contribution in [0.25, 0.3) is 5.57 Å². The van der Waals surface area contributed by atoms with Crippen LogP contribution in [-0.2, 0) is 7.05 Å². The molecule has 0 fully saturated rings.